The van der Waals surface area contributed by atoms with Gasteiger partial charge >= 0.3 is 0 Å². The largest absolute Gasteiger partial charge is 0.143 e. The molecule has 0 spiro atoms. The van der Waals surface area contributed by atoms with Crippen LogP contribution >= 0.6 is 43.2 Å². The van der Waals surface area contributed by atoms with Crippen molar-refractivity contribution in [2.24, 2.45) is 0 Å². The molecule has 0 nitrogen and oxygen atoms in total. The van der Waals surface area contributed by atoms with Crippen LogP contribution in [-0.4, -0.2) is 0 Å². The van der Waals surface area contributed by atoms with Crippen LogP contribution in [0.25, 0.3) is 10.1 Å². The highest BCUT2D eigenvalue weighted by molar-refractivity contribution is 9.11. The average molecular weight is 292 g/mol. The van der Waals surface area contributed by atoms with Crippen LogP contribution in [0.4, 0.5) is 0 Å². The van der Waals surface area contributed by atoms with E-state index >= 15 is 0 Å². The molecular formula is C8H4Br2S. The van der Waals surface area contributed by atoms with Gasteiger partial charge in [-0.3, -0.25) is 0 Å². The summed E-state index contributed by atoms with van der Waals surface area (Å²) in [6.45, 7) is 0. The minimum Gasteiger partial charge on any atom is -0.143 e. The molecule has 2 aromatic rings. The zero-order valence-corrected chi connectivity index (χ0v) is 9.46. The van der Waals surface area contributed by atoms with Crippen LogP contribution < -0.4 is 0 Å². The Bertz CT molecular complexity index is 356. The van der Waals surface area contributed by atoms with E-state index in [2.05, 4.69) is 55.4 Å². The molecule has 0 N–H and O–H groups in total. The van der Waals surface area contributed by atoms with E-state index in [9.17, 15) is 0 Å². The lowest BCUT2D eigenvalue weighted by molar-refractivity contribution is 1.74. The van der Waals surface area contributed by atoms with Gasteiger partial charge in [0.05, 0.1) is 0 Å². The van der Waals surface area contributed by atoms with Crippen molar-refractivity contribution in [1.29, 1.82) is 0 Å². The summed E-state index contributed by atoms with van der Waals surface area (Å²) < 4.78 is 3.64. The van der Waals surface area contributed by atoms with Crippen LogP contribution in [-0.2, 0) is 0 Å². The van der Waals surface area contributed by atoms with Gasteiger partial charge in [-0.05, 0) is 39.5 Å². The van der Waals surface area contributed by atoms with Gasteiger partial charge in [0.25, 0.3) is 0 Å². The smallest absolute Gasteiger partial charge is 0.0496 e. The second-order valence-corrected chi connectivity index (χ2v) is 4.82. The second kappa shape index (κ2) is 2.88. The van der Waals surface area contributed by atoms with Crippen molar-refractivity contribution >= 4 is 53.3 Å². The molecule has 0 saturated heterocycles. The number of hydrogen-bond donors (Lipinski definition) is 0. The maximum atomic E-state index is 3.50. The molecule has 0 aliphatic heterocycles. The van der Waals surface area contributed by atoms with E-state index in [1.54, 1.807) is 11.3 Å². The number of fused-ring (bicyclic) bond motifs is 1. The minimum atomic E-state index is 1.16. The molecule has 1 aromatic heterocycles. The third-order valence-corrected chi connectivity index (χ3v) is 4.08. The van der Waals surface area contributed by atoms with Gasteiger partial charge in [-0.25, -0.2) is 0 Å². The third-order valence-electron chi connectivity index (χ3n) is 1.52. The van der Waals surface area contributed by atoms with Crippen molar-refractivity contribution in [2.75, 3.05) is 0 Å². The van der Waals surface area contributed by atoms with E-state index in [0.717, 1.165) is 4.47 Å². The molecule has 0 amide bonds. The van der Waals surface area contributed by atoms with Crippen molar-refractivity contribution in [3.8, 4) is 0 Å². The van der Waals surface area contributed by atoms with Crippen molar-refractivity contribution in [2.45, 2.75) is 0 Å². The van der Waals surface area contributed by atoms with E-state index in [4.69, 9.17) is 0 Å². The number of thiophene rings is 1. The van der Waals surface area contributed by atoms with Gasteiger partial charge in [-0.2, -0.15) is 0 Å². The molecule has 2 rings (SSSR count). The van der Waals surface area contributed by atoms with Crippen molar-refractivity contribution in [3.63, 3.8) is 0 Å². The average Bonchev–Trinajstić information content (AvgIpc) is 2.45. The lowest BCUT2D eigenvalue weighted by Crippen LogP contribution is -1.67. The van der Waals surface area contributed by atoms with E-state index in [0.29, 0.717) is 0 Å². The fourth-order valence-electron chi connectivity index (χ4n) is 0.994. The van der Waals surface area contributed by atoms with Gasteiger partial charge in [-0.1, -0.05) is 15.9 Å². The molecule has 0 saturated carbocycles. The highest BCUT2D eigenvalue weighted by Crippen LogP contribution is 2.33. The lowest BCUT2D eigenvalue weighted by atomic mass is 10.3. The van der Waals surface area contributed by atoms with Crippen LogP contribution in [0, 0.1) is 0 Å². The molecule has 0 atom stereocenters. The first-order valence-electron chi connectivity index (χ1n) is 3.10. The van der Waals surface area contributed by atoms with E-state index in [1.165, 1.54) is 14.6 Å². The second-order valence-electron chi connectivity index (χ2n) is 2.19. The zero-order chi connectivity index (χ0) is 7.84. The predicted octanol–water partition coefficient (Wildman–Crippen LogP) is 4.43. The molecule has 3 heteroatoms. The molecule has 0 unspecified atom stereocenters. The fraction of sp³-hybridized carbons (Fsp3) is 0. The summed E-state index contributed by atoms with van der Waals surface area (Å²) in [6.07, 6.45) is 0. The summed E-state index contributed by atoms with van der Waals surface area (Å²) >= 11 is 8.75. The van der Waals surface area contributed by atoms with Crippen molar-refractivity contribution in [1.82, 2.24) is 0 Å². The Hall–Kier alpha value is 0.140. The molecule has 0 fully saturated rings. The number of rotatable bonds is 0. The van der Waals surface area contributed by atoms with Gasteiger partial charge in [0.15, 0.2) is 0 Å². The maximum Gasteiger partial charge on any atom is 0.0496 e. The van der Waals surface area contributed by atoms with Crippen LogP contribution in [0.5, 0.6) is 0 Å². The summed E-state index contributed by atoms with van der Waals surface area (Å²) in [4.78, 5) is 0. The predicted molar refractivity (Wildman–Crippen MR) is 57.2 cm³/mol. The van der Waals surface area contributed by atoms with Crippen LogP contribution in [0.3, 0.4) is 0 Å². The molecule has 1 heterocycles. The fourth-order valence-corrected chi connectivity index (χ4v) is 3.04. The Morgan fingerprint density at radius 1 is 1.00 bits per heavy atom. The number of hydrogen-bond acceptors (Lipinski definition) is 1. The first kappa shape index (κ1) is 7.77. The Morgan fingerprint density at radius 3 is 2.45 bits per heavy atom. The SMILES string of the molecule is Brc1ccc(Br)c2sccc12. The normalized spacial score (nSPS) is 10.7. The topological polar surface area (TPSA) is 0 Å². The summed E-state index contributed by atoms with van der Waals surface area (Å²) in [5, 5.41) is 3.38. The summed E-state index contributed by atoms with van der Waals surface area (Å²) in [7, 11) is 0. The standard InChI is InChI=1S/C8H4Br2S/c9-6-1-2-7(10)8-5(6)3-4-11-8/h1-4H. The molecular weight excluding hydrogens is 288 g/mol. The van der Waals surface area contributed by atoms with Gasteiger partial charge in [0, 0.05) is 19.0 Å². The van der Waals surface area contributed by atoms with Crippen LogP contribution in [0.2, 0.25) is 0 Å². The maximum absolute atomic E-state index is 3.50. The van der Waals surface area contributed by atoms with Crippen LogP contribution in [0.1, 0.15) is 0 Å². The van der Waals surface area contributed by atoms with Crippen molar-refractivity contribution < 1.29 is 0 Å². The minimum absolute atomic E-state index is 1.16. The summed E-state index contributed by atoms with van der Waals surface area (Å²) in [5.74, 6) is 0. The molecule has 0 bridgehead atoms. The van der Waals surface area contributed by atoms with E-state index < -0.39 is 0 Å². The molecule has 1 aromatic carbocycles. The zero-order valence-electron chi connectivity index (χ0n) is 5.47. The molecule has 56 valence electrons. The number of benzene rings is 1. The van der Waals surface area contributed by atoms with Gasteiger partial charge in [0.1, 0.15) is 0 Å². The molecule has 0 aliphatic carbocycles. The monoisotopic (exact) mass is 290 g/mol. The van der Waals surface area contributed by atoms with Gasteiger partial charge in [0.2, 0.25) is 0 Å². The highest BCUT2D eigenvalue weighted by atomic mass is 79.9. The van der Waals surface area contributed by atoms with E-state index in [-0.39, 0.29) is 0 Å². The Kier molecular flexibility index (Phi) is 2.04. The molecule has 0 radical (unpaired) electrons. The third kappa shape index (κ3) is 1.25. The highest BCUT2D eigenvalue weighted by Gasteiger charge is 2.01. The first-order valence-corrected chi connectivity index (χ1v) is 5.57. The first-order chi connectivity index (χ1) is 5.29. The molecule has 11 heavy (non-hydrogen) atoms. The lowest BCUT2D eigenvalue weighted by Gasteiger charge is -1.95. The summed E-state index contributed by atoms with van der Waals surface area (Å²) in [6, 6.07) is 6.23. The summed E-state index contributed by atoms with van der Waals surface area (Å²) in [5.41, 5.74) is 0. The number of halogens is 2. The van der Waals surface area contributed by atoms with Crippen LogP contribution in [0.15, 0.2) is 32.5 Å². The Morgan fingerprint density at radius 2 is 1.73 bits per heavy atom. The van der Waals surface area contributed by atoms with Gasteiger partial charge in [-0.15, -0.1) is 11.3 Å². The van der Waals surface area contributed by atoms with Gasteiger partial charge < -0.3 is 0 Å². The van der Waals surface area contributed by atoms with E-state index in [1.807, 2.05) is 0 Å². The van der Waals surface area contributed by atoms with Crippen molar-refractivity contribution in [3.05, 3.63) is 32.5 Å². The Labute approximate surface area is 85.5 Å². The quantitative estimate of drug-likeness (QED) is 0.674. The molecule has 0 aliphatic rings. The Balaban J connectivity index is 2.96.